The van der Waals surface area contributed by atoms with E-state index in [9.17, 15) is 0 Å². The number of aliphatic imine (C=N–C) groups is 1. The summed E-state index contributed by atoms with van der Waals surface area (Å²) in [6, 6.07) is 11.8. The van der Waals surface area contributed by atoms with Gasteiger partial charge < -0.3 is 19.5 Å². The number of hydrogen-bond donors (Lipinski definition) is 1. The molecule has 0 aliphatic rings. The highest BCUT2D eigenvalue weighted by Crippen LogP contribution is 2.14. The predicted octanol–water partition coefficient (Wildman–Crippen LogP) is 3.77. The van der Waals surface area contributed by atoms with Gasteiger partial charge in [-0.3, -0.25) is 4.99 Å². The molecular weight excluding hydrogens is 451 g/mol. The first-order chi connectivity index (χ1) is 11.6. The van der Waals surface area contributed by atoms with E-state index in [4.69, 9.17) is 16.3 Å². The first kappa shape index (κ1) is 21.6. The van der Waals surface area contributed by atoms with Gasteiger partial charge in [-0.1, -0.05) is 29.8 Å². The summed E-state index contributed by atoms with van der Waals surface area (Å²) in [4.78, 5) is 6.40. The van der Waals surface area contributed by atoms with Crippen molar-refractivity contribution in [2.45, 2.75) is 13.0 Å². The summed E-state index contributed by atoms with van der Waals surface area (Å²) in [5.74, 6) is 1.76. The quantitative estimate of drug-likeness (QED) is 0.286. The van der Waals surface area contributed by atoms with Crippen LogP contribution in [0.15, 0.2) is 47.6 Å². The van der Waals surface area contributed by atoms with Crippen molar-refractivity contribution >= 4 is 41.5 Å². The third-order valence-corrected chi connectivity index (χ3v) is 3.87. The molecule has 0 fully saturated rings. The van der Waals surface area contributed by atoms with Crippen LogP contribution >= 0.6 is 35.6 Å². The normalized spacial score (nSPS) is 11.0. The highest BCUT2D eigenvalue weighted by Gasteiger charge is 2.09. The molecule has 25 heavy (non-hydrogen) atoms. The van der Waals surface area contributed by atoms with E-state index in [0.717, 1.165) is 41.9 Å². The minimum atomic E-state index is 0. The molecule has 0 aliphatic carbocycles. The Morgan fingerprint density at radius 3 is 2.64 bits per heavy atom. The smallest absolute Gasteiger partial charge is 0.193 e. The Morgan fingerprint density at radius 1 is 1.32 bits per heavy atom. The van der Waals surface area contributed by atoms with Crippen molar-refractivity contribution in [3.63, 3.8) is 0 Å². The Hall–Kier alpha value is -1.41. The lowest BCUT2D eigenvalue weighted by Gasteiger charge is -2.22. The molecule has 0 amide bonds. The number of para-hydroxylation sites is 1. The molecule has 0 bridgehead atoms. The fourth-order valence-electron chi connectivity index (χ4n) is 2.41. The Morgan fingerprint density at radius 2 is 2.04 bits per heavy atom. The van der Waals surface area contributed by atoms with Gasteiger partial charge in [0, 0.05) is 39.6 Å². The lowest BCUT2D eigenvalue weighted by Crippen LogP contribution is -2.39. The Kier molecular flexibility index (Phi) is 9.74. The molecule has 0 saturated heterocycles. The summed E-state index contributed by atoms with van der Waals surface area (Å²) in [5.41, 5.74) is 1.14. The maximum atomic E-state index is 6.03. The highest BCUT2D eigenvalue weighted by molar-refractivity contribution is 14.0. The van der Waals surface area contributed by atoms with E-state index in [1.807, 2.05) is 61.3 Å². The molecule has 0 aliphatic heterocycles. The molecule has 1 heterocycles. The summed E-state index contributed by atoms with van der Waals surface area (Å²) >= 11 is 6.03. The van der Waals surface area contributed by atoms with Crippen LogP contribution in [0.5, 0.6) is 5.75 Å². The third-order valence-electron chi connectivity index (χ3n) is 3.66. The predicted molar refractivity (Wildman–Crippen MR) is 115 cm³/mol. The van der Waals surface area contributed by atoms with Crippen molar-refractivity contribution in [1.82, 2.24) is 14.8 Å². The number of rotatable bonds is 7. The highest BCUT2D eigenvalue weighted by atomic mass is 127. The van der Waals surface area contributed by atoms with Gasteiger partial charge in [-0.05, 0) is 24.6 Å². The van der Waals surface area contributed by atoms with E-state index < -0.39 is 0 Å². The first-order valence-electron chi connectivity index (χ1n) is 8.00. The van der Waals surface area contributed by atoms with Crippen LogP contribution in [-0.2, 0) is 13.6 Å². The van der Waals surface area contributed by atoms with E-state index in [2.05, 4.69) is 15.2 Å². The molecule has 0 saturated carbocycles. The topological polar surface area (TPSA) is 41.8 Å². The Balaban J connectivity index is 0.00000312. The maximum absolute atomic E-state index is 6.03. The fourth-order valence-corrected chi connectivity index (χ4v) is 2.68. The molecular formula is C18H26ClIN4O. The molecule has 7 heteroatoms. The second kappa shape index (κ2) is 11.3. The van der Waals surface area contributed by atoms with Gasteiger partial charge in [0.05, 0.1) is 18.2 Å². The standard InChI is InChI=1S/C18H25ClN4O.HI/c1-20-18(23(3)14-16-12-15(19)13-22(16)2)21-10-7-11-24-17-8-5-4-6-9-17;/h4-6,8-9,12-13H,7,10-11,14H2,1-3H3,(H,20,21);1H. The maximum Gasteiger partial charge on any atom is 0.193 e. The number of aryl methyl sites for hydroxylation is 1. The molecule has 0 atom stereocenters. The van der Waals surface area contributed by atoms with Crippen LogP contribution in [0.25, 0.3) is 0 Å². The number of nitrogens with one attached hydrogen (secondary N) is 1. The molecule has 1 aromatic carbocycles. The summed E-state index contributed by atoms with van der Waals surface area (Å²) in [6.45, 7) is 2.21. The average molecular weight is 477 g/mol. The number of nitrogens with zero attached hydrogens (tertiary/aromatic N) is 3. The first-order valence-corrected chi connectivity index (χ1v) is 8.38. The zero-order chi connectivity index (χ0) is 17.4. The van der Waals surface area contributed by atoms with E-state index in [0.29, 0.717) is 6.61 Å². The van der Waals surface area contributed by atoms with E-state index >= 15 is 0 Å². The van der Waals surface area contributed by atoms with Crippen molar-refractivity contribution in [2.24, 2.45) is 12.0 Å². The summed E-state index contributed by atoms with van der Waals surface area (Å²) in [5, 5.41) is 4.11. The molecule has 1 aromatic heterocycles. The largest absolute Gasteiger partial charge is 0.494 e. The summed E-state index contributed by atoms with van der Waals surface area (Å²) in [6.07, 6.45) is 2.81. The van der Waals surface area contributed by atoms with Crippen LogP contribution in [0, 0.1) is 0 Å². The van der Waals surface area contributed by atoms with Crippen molar-refractivity contribution < 1.29 is 4.74 Å². The lowest BCUT2D eigenvalue weighted by molar-refractivity contribution is 0.310. The second-order valence-corrected chi connectivity index (χ2v) is 6.04. The summed E-state index contributed by atoms with van der Waals surface area (Å²) < 4.78 is 7.71. The van der Waals surface area contributed by atoms with Crippen molar-refractivity contribution in [3.05, 3.63) is 53.3 Å². The van der Waals surface area contributed by atoms with E-state index in [1.54, 1.807) is 7.05 Å². The number of halogens is 2. The minimum absolute atomic E-state index is 0. The van der Waals surface area contributed by atoms with Crippen molar-refractivity contribution in [3.8, 4) is 5.75 Å². The average Bonchev–Trinajstić information content (AvgIpc) is 2.89. The van der Waals surface area contributed by atoms with Gasteiger partial charge in [-0.15, -0.1) is 24.0 Å². The zero-order valence-corrected chi connectivity index (χ0v) is 18.0. The van der Waals surface area contributed by atoms with Crippen LogP contribution in [-0.4, -0.2) is 42.7 Å². The monoisotopic (exact) mass is 476 g/mol. The number of benzene rings is 1. The fraction of sp³-hybridized carbons (Fsp3) is 0.389. The van der Waals surface area contributed by atoms with Crippen LogP contribution < -0.4 is 10.1 Å². The molecule has 2 rings (SSSR count). The van der Waals surface area contributed by atoms with Gasteiger partial charge in [0.15, 0.2) is 5.96 Å². The van der Waals surface area contributed by atoms with E-state index in [1.165, 1.54) is 0 Å². The van der Waals surface area contributed by atoms with Gasteiger partial charge in [-0.2, -0.15) is 0 Å². The van der Waals surface area contributed by atoms with Gasteiger partial charge in [-0.25, -0.2) is 0 Å². The number of hydrogen-bond acceptors (Lipinski definition) is 2. The minimum Gasteiger partial charge on any atom is -0.494 e. The lowest BCUT2D eigenvalue weighted by atomic mass is 10.3. The molecule has 0 unspecified atom stereocenters. The molecule has 1 N–H and O–H groups in total. The van der Waals surface area contributed by atoms with Crippen LogP contribution in [0.2, 0.25) is 5.02 Å². The molecule has 0 radical (unpaired) electrons. The third kappa shape index (κ3) is 7.15. The molecule has 0 spiro atoms. The van der Waals surface area contributed by atoms with Crippen LogP contribution in [0.1, 0.15) is 12.1 Å². The van der Waals surface area contributed by atoms with Crippen molar-refractivity contribution in [2.75, 3.05) is 27.2 Å². The number of aromatic nitrogens is 1. The number of ether oxygens (including phenoxy) is 1. The van der Waals surface area contributed by atoms with Gasteiger partial charge in [0.1, 0.15) is 5.75 Å². The van der Waals surface area contributed by atoms with E-state index in [-0.39, 0.29) is 24.0 Å². The molecule has 138 valence electrons. The Labute approximate surface area is 172 Å². The SMILES string of the molecule is CN=C(NCCCOc1ccccc1)N(C)Cc1cc(Cl)cn1C.I. The Bertz CT molecular complexity index is 660. The van der Waals surface area contributed by atoms with Crippen LogP contribution in [0.3, 0.4) is 0 Å². The van der Waals surface area contributed by atoms with Gasteiger partial charge >= 0.3 is 0 Å². The zero-order valence-electron chi connectivity index (χ0n) is 14.9. The summed E-state index contributed by atoms with van der Waals surface area (Å²) in [7, 11) is 5.79. The van der Waals surface area contributed by atoms with Gasteiger partial charge in [0.25, 0.3) is 0 Å². The van der Waals surface area contributed by atoms with Crippen molar-refractivity contribution in [1.29, 1.82) is 0 Å². The van der Waals surface area contributed by atoms with Gasteiger partial charge in [0.2, 0.25) is 0 Å². The second-order valence-electron chi connectivity index (χ2n) is 5.61. The molecule has 2 aromatic rings. The van der Waals surface area contributed by atoms with Crippen LogP contribution in [0.4, 0.5) is 0 Å². The number of guanidine groups is 1. The molecule has 5 nitrogen and oxygen atoms in total.